The van der Waals surface area contributed by atoms with E-state index < -0.39 is 0 Å². The predicted molar refractivity (Wildman–Crippen MR) is 135 cm³/mol. The SMILES string of the molecule is CN(C(=O)c1ccn(C)n1)[C@H](Cc1ccccc1)C1CCN(C(=O)c2ccc3c(c2)OCCO3)CC1. The maximum Gasteiger partial charge on any atom is 0.274 e. The van der Waals surface area contributed by atoms with Crippen molar-refractivity contribution >= 4 is 11.8 Å². The number of hydrogen-bond donors (Lipinski definition) is 0. The van der Waals surface area contributed by atoms with Crippen LogP contribution in [0.25, 0.3) is 0 Å². The number of piperidine rings is 1. The van der Waals surface area contributed by atoms with Gasteiger partial charge in [-0.05, 0) is 55.0 Å². The van der Waals surface area contributed by atoms with Crippen LogP contribution in [-0.4, -0.2) is 70.8 Å². The summed E-state index contributed by atoms with van der Waals surface area (Å²) < 4.78 is 12.9. The third-order valence-electron chi connectivity index (χ3n) is 7.20. The number of carbonyl (C=O) groups excluding carboxylic acids is 2. The molecule has 1 atom stereocenters. The molecule has 0 saturated carbocycles. The van der Waals surface area contributed by atoms with Crippen molar-refractivity contribution in [1.82, 2.24) is 19.6 Å². The second kappa shape index (κ2) is 10.4. The van der Waals surface area contributed by atoms with Crippen molar-refractivity contribution in [2.45, 2.75) is 25.3 Å². The highest BCUT2D eigenvalue weighted by Crippen LogP contribution is 2.32. The van der Waals surface area contributed by atoms with Gasteiger partial charge in [0, 0.05) is 45.0 Å². The second-order valence-electron chi connectivity index (χ2n) is 9.54. The van der Waals surface area contributed by atoms with E-state index in [9.17, 15) is 9.59 Å². The third kappa shape index (κ3) is 5.08. The number of carbonyl (C=O) groups is 2. The minimum Gasteiger partial charge on any atom is -0.486 e. The Balaban J connectivity index is 1.29. The molecule has 8 heteroatoms. The number of benzene rings is 2. The van der Waals surface area contributed by atoms with Crippen LogP contribution in [-0.2, 0) is 13.5 Å². The van der Waals surface area contributed by atoms with Gasteiger partial charge in [0.15, 0.2) is 11.5 Å². The lowest BCUT2D eigenvalue weighted by Gasteiger charge is -2.40. The maximum absolute atomic E-state index is 13.3. The lowest BCUT2D eigenvalue weighted by molar-refractivity contribution is 0.0518. The number of nitrogens with zero attached hydrogens (tertiary/aromatic N) is 4. The van der Waals surface area contributed by atoms with Gasteiger partial charge >= 0.3 is 0 Å². The smallest absolute Gasteiger partial charge is 0.274 e. The van der Waals surface area contributed by atoms with Crippen molar-refractivity contribution in [2.75, 3.05) is 33.4 Å². The summed E-state index contributed by atoms with van der Waals surface area (Å²) in [6.07, 6.45) is 4.20. The van der Waals surface area contributed by atoms with Gasteiger partial charge in [0.1, 0.15) is 18.9 Å². The molecule has 0 aliphatic carbocycles. The number of amides is 2. The van der Waals surface area contributed by atoms with E-state index >= 15 is 0 Å². The first-order chi connectivity index (χ1) is 17.5. The molecule has 2 aliphatic heterocycles. The maximum atomic E-state index is 13.3. The van der Waals surface area contributed by atoms with E-state index in [2.05, 4.69) is 17.2 Å². The Kier molecular flexibility index (Phi) is 6.93. The molecule has 1 saturated heterocycles. The lowest BCUT2D eigenvalue weighted by atomic mass is 9.84. The molecule has 188 valence electrons. The van der Waals surface area contributed by atoms with Crippen LogP contribution in [0.4, 0.5) is 0 Å². The number of likely N-dealkylation sites (tertiary alicyclic amines) is 1. The Labute approximate surface area is 211 Å². The quantitative estimate of drug-likeness (QED) is 0.531. The van der Waals surface area contributed by atoms with E-state index in [-0.39, 0.29) is 23.8 Å². The monoisotopic (exact) mass is 488 g/mol. The van der Waals surface area contributed by atoms with Gasteiger partial charge in [-0.1, -0.05) is 30.3 Å². The molecule has 3 aromatic rings. The highest BCUT2D eigenvalue weighted by Gasteiger charge is 2.34. The zero-order chi connectivity index (χ0) is 25.1. The normalized spacial score (nSPS) is 16.4. The second-order valence-corrected chi connectivity index (χ2v) is 9.54. The van der Waals surface area contributed by atoms with Gasteiger partial charge in [-0.25, -0.2) is 0 Å². The molecule has 3 heterocycles. The number of likely N-dealkylation sites (N-methyl/N-ethyl adjacent to an activating group) is 1. The third-order valence-corrected chi connectivity index (χ3v) is 7.20. The summed E-state index contributed by atoms with van der Waals surface area (Å²) in [6.45, 7) is 2.31. The minimum atomic E-state index is -0.0775. The fraction of sp³-hybridized carbons (Fsp3) is 0.393. The van der Waals surface area contributed by atoms with Crippen molar-refractivity contribution in [2.24, 2.45) is 13.0 Å². The summed E-state index contributed by atoms with van der Waals surface area (Å²) in [7, 11) is 3.68. The van der Waals surface area contributed by atoms with E-state index in [0.29, 0.717) is 49.1 Å². The van der Waals surface area contributed by atoms with E-state index in [1.165, 1.54) is 5.56 Å². The van der Waals surface area contributed by atoms with Gasteiger partial charge in [0.2, 0.25) is 0 Å². The fourth-order valence-electron chi connectivity index (χ4n) is 5.18. The molecule has 0 N–H and O–H groups in total. The van der Waals surface area contributed by atoms with Gasteiger partial charge < -0.3 is 19.3 Å². The summed E-state index contributed by atoms with van der Waals surface area (Å²) in [4.78, 5) is 30.3. The van der Waals surface area contributed by atoms with E-state index in [1.807, 2.05) is 48.2 Å². The molecule has 2 aliphatic rings. The van der Waals surface area contributed by atoms with E-state index in [0.717, 1.165) is 19.3 Å². The van der Waals surface area contributed by atoms with Crippen molar-refractivity contribution < 1.29 is 19.1 Å². The Hall–Kier alpha value is -3.81. The van der Waals surface area contributed by atoms with Crippen molar-refractivity contribution in [3.8, 4) is 11.5 Å². The van der Waals surface area contributed by atoms with Crippen molar-refractivity contribution in [3.63, 3.8) is 0 Å². The molecule has 1 aromatic heterocycles. The zero-order valence-electron chi connectivity index (χ0n) is 20.8. The standard InChI is InChI=1S/C28H32N4O4/c1-30-13-12-23(29-30)28(34)31(2)24(18-20-6-4-3-5-7-20)21-10-14-32(15-11-21)27(33)22-8-9-25-26(19-22)36-17-16-35-25/h3-9,12-13,19,21,24H,10-11,14-18H2,1-2H3/t24-/m1/s1. The molecule has 0 spiro atoms. The molecule has 36 heavy (non-hydrogen) atoms. The Bertz CT molecular complexity index is 1220. The minimum absolute atomic E-state index is 0.00273. The van der Waals surface area contributed by atoms with Gasteiger partial charge in [-0.3, -0.25) is 14.3 Å². The molecular weight excluding hydrogens is 456 g/mol. The van der Waals surface area contributed by atoms with Gasteiger partial charge in [-0.15, -0.1) is 0 Å². The first-order valence-corrected chi connectivity index (χ1v) is 12.5. The summed E-state index contributed by atoms with van der Waals surface area (Å²) in [6, 6.07) is 17.4. The number of aryl methyl sites for hydroxylation is 1. The van der Waals surface area contributed by atoms with Crippen LogP contribution < -0.4 is 9.47 Å². The molecule has 8 nitrogen and oxygen atoms in total. The lowest BCUT2D eigenvalue weighted by Crippen LogP contribution is -2.48. The van der Waals surface area contributed by atoms with Gasteiger partial charge in [-0.2, -0.15) is 5.10 Å². The molecule has 5 rings (SSSR count). The average Bonchev–Trinajstić information content (AvgIpc) is 3.37. The van der Waals surface area contributed by atoms with E-state index in [1.54, 1.807) is 29.1 Å². The van der Waals surface area contributed by atoms with Crippen LogP contribution in [0.5, 0.6) is 11.5 Å². The number of hydrogen-bond acceptors (Lipinski definition) is 5. The highest BCUT2D eigenvalue weighted by molar-refractivity contribution is 5.95. The molecule has 0 bridgehead atoms. The van der Waals surface area contributed by atoms with Gasteiger partial charge in [0.05, 0.1) is 0 Å². The Morgan fingerprint density at radius 3 is 2.44 bits per heavy atom. The Morgan fingerprint density at radius 1 is 1.03 bits per heavy atom. The molecule has 0 radical (unpaired) electrons. The molecule has 2 amide bonds. The number of rotatable bonds is 6. The predicted octanol–water partition coefficient (Wildman–Crippen LogP) is 3.43. The highest BCUT2D eigenvalue weighted by atomic mass is 16.6. The summed E-state index contributed by atoms with van der Waals surface area (Å²) in [5.74, 6) is 1.50. The van der Waals surface area contributed by atoms with E-state index in [4.69, 9.17) is 9.47 Å². The van der Waals surface area contributed by atoms with Crippen LogP contribution >= 0.6 is 0 Å². The number of ether oxygens (including phenoxy) is 2. The average molecular weight is 489 g/mol. The van der Waals surface area contributed by atoms with Crippen molar-refractivity contribution in [1.29, 1.82) is 0 Å². The van der Waals surface area contributed by atoms with Crippen LogP contribution in [0.3, 0.4) is 0 Å². The largest absolute Gasteiger partial charge is 0.486 e. The van der Waals surface area contributed by atoms with Crippen LogP contribution in [0.15, 0.2) is 60.8 Å². The summed E-state index contributed by atoms with van der Waals surface area (Å²) in [5.41, 5.74) is 2.25. The topological polar surface area (TPSA) is 76.9 Å². The fourth-order valence-corrected chi connectivity index (χ4v) is 5.18. The summed E-state index contributed by atoms with van der Waals surface area (Å²) in [5, 5.41) is 4.32. The van der Waals surface area contributed by atoms with Gasteiger partial charge in [0.25, 0.3) is 11.8 Å². The van der Waals surface area contributed by atoms with Crippen LogP contribution in [0, 0.1) is 5.92 Å². The molecule has 2 aromatic carbocycles. The zero-order valence-corrected chi connectivity index (χ0v) is 20.8. The molecule has 1 fully saturated rings. The first-order valence-electron chi connectivity index (χ1n) is 12.5. The molecular formula is C28H32N4O4. The summed E-state index contributed by atoms with van der Waals surface area (Å²) >= 11 is 0. The Morgan fingerprint density at radius 2 is 1.75 bits per heavy atom. The van der Waals surface area contributed by atoms with Crippen LogP contribution in [0.1, 0.15) is 39.3 Å². The van der Waals surface area contributed by atoms with Crippen LogP contribution in [0.2, 0.25) is 0 Å². The van der Waals surface area contributed by atoms with Crippen molar-refractivity contribution in [3.05, 3.63) is 77.6 Å². The first kappa shape index (κ1) is 23.9. The number of fused-ring (bicyclic) bond motifs is 1. The number of aromatic nitrogens is 2. The molecule has 0 unspecified atom stereocenters.